The van der Waals surface area contributed by atoms with Gasteiger partial charge in [-0.2, -0.15) is 4.39 Å². The minimum atomic E-state index is -0.535. The van der Waals surface area contributed by atoms with Crippen molar-refractivity contribution >= 4 is 5.91 Å². The maximum atomic E-state index is 14.7. The lowest BCUT2D eigenvalue weighted by atomic mass is 9.83. The van der Waals surface area contributed by atoms with Gasteiger partial charge in [0, 0.05) is 30.2 Å². The van der Waals surface area contributed by atoms with Crippen molar-refractivity contribution < 1.29 is 23.4 Å². The van der Waals surface area contributed by atoms with Crippen LogP contribution in [-0.2, 0) is 22.3 Å². The van der Waals surface area contributed by atoms with Crippen LogP contribution in [0.5, 0.6) is 5.75 Å². The number of carbonyl (C=O) groups excluding carboxylic acids is 1. The van der Waals surface area contributed by atoms with Gasteiger partial charge in [0.2, 0.25) is 5.95 Å². The zero-order valence-corrected chi connectivity index (χ0v) is 18.7. The summed E-state index contributed by atoms with van der Waals surface area (Å²) in [7, 11) is 0. The van der Waals surface area contributed by atoms with E-state index in [9.17, 15) is 9.18 Å². The molecule has 1 unspecified atom stereocenters. The van der Waals surface area contributed by atoms with Crippen molar-refractivity contribution in [3.63, 3.8) is 0 Å². The molecule has 2 aliphatic rings. The van der Waals surface area contributed by atoms with Crippen molar-refractivity contribution in [3.05, 3.63) is 77.6 Å². The average Bonchev–Trinajstić information content (AvgIpc) is 2.88. The van der Waals surface area contributed by atoms with Gasteiger partial charge >= 0.3 is 0 Å². The van der Waals surface area contributed by atoms with E-state index >= 15 is 0 Å². The number of halogens is 1. The fraction of sp³-hybridized carbons (Fsp3) is 0.346. The smallest absolute Gasteiger partial charge is 0.253 e. The summed E-state index contributed by atoms with van der Waals surface area (Å²) in [5.74, 6) is -0.0401. The second kappa shape index (κ2) is 10.3. The number of pyridine rings is 2. The van der Waals surface area contributed by atoms with E-state index in [0.29, 0.717) is 49.7 Å². The monoisotopic (exact) mass is 463 g/mol. The Hall–Kier alpha value is -3.36. The molecule has 8 heteroatoms. The van der Waals surface area contributed by atoms with Crippen molar-refractivity contribution in [2.24, 2.45) is 0 Å². The van der Waals surface area contributed by atoms with Crippen molar-refractivity contribution in [3.8, 4) is 16.9 Å². The van der Waals surface area contributed by atoms with E-state index in [1.54, 1.807) is 36.7 Å². The number of aromatic nitrogens is 2. The summed E-state index contributed by atoms with van der Waals surface area (Å²) in [5.41, 5.74) is 3.76. The third-order valence-corrected chi connectivity index (χ3v) is 6.16. The number of rotatable bonds is 6. The van der Waals surface area contributed by atoms with Crippen LogP contribution in [0.25, 0.3) is 11.1 Å². The predicted molar refractivity (Wildman–Crippen MR) is 123 cm³/mol. The number of nitrogens with zero attached hydrogens (tertiary/aromatic N) is 2. The van der Waals surface area contributed by atoms with E-state index in [4.69, 9.17) is 14.2 Å². The number of fused-ring (bicyclic) bond motifs is 1. The third-order valence-electron chi connectivity index (χ3n) is 6.16. The fourth-order valence-electron chi connectivity index (χ4n) is 4.47. The molecule has 7 nitrogen and oxygen atoms in total. The Bertz CT molecular complexity index is 1150. The number of amides is 1. The van der Waals surface area contributed by atoms with Crippen LogP contribution in [0, 0.1) is 5.95 Å². The first-order chi connectivity index (χ1) is 16.7. The Balaban J connectivity index is 1.40. The topological polar surface area (TPSA) is 82.6 Å². The Morgan fingerprint density at radius 1 is 1.18 bits per heavy atom. The molecule has 176 valence electrons. The SMILES string of the molecule is O=C(N[C@@H]1CCc2cc(OCC3COCCO3)cc(-c3cccnc3F)c2C1)c1cccnc1. The van der Waals surface area contributed by atoms with Gasteiger partial charge in [-0.3, -0.25) is 9.78 Å². The first kappa shape index (κ1) is 22.4. The van der Waals surface area contributed by atoms with Gasteiger partial charge in [0.1, 0.15) is 18.5 Å². The van der Waals surface area contributed by atoms with E-state index in [2.05, 4.69) is 15.3 Å². The molecule has 1 N–H and O–H groups in total. The van der Waals surface area contributed by atoms with Gasteiger partial charge in [-0.1, -0.05) is 0 Å². The van der Waals surface area contributed by atoms with Crippen LogP contribution in [0.1, 0.15) is 27.9 Å². The summed E-state index contributed by atoms with van der Waals surface area (Å²) in [5, 5.41) is 3.10. The van der Waals surface area contributed by atoms with Crippen molar-refractivity contribution in [2.45, 2.75) is 31.4 Å². The Morgan fingerprint density at radius 3 is 2.88 bits per heavy atom. The Kier molecular flexibility index (Phi) is 6.78. The minimum absolute atomic E-state index is 0.0711. The number of hydrogen-bond acceptors (Lipinski definition) is 6. The molecule has 1 amide bonds. The number of hydrogen-bond donors (Lipinski definition) is 1. The van der Waals surface area contributed by atoms with Gasteiger partial charge in [-0.25, -0.2) is 4.98 Å². The standard InChI is InChI=1S/C26H26FN3O4/c27-25-22(4-2-8-29-25)24-13-20(34-16-21-15-32-9-10-33-21)11-17-5-6-19(12-23(17)24)30-26(31)18-3-1-7-28-14-18/h1-4,7-8,11,13-14,19,21H,5-6,9-10,12,15-16H2,(H,30,31)/t19-,21?/m1/s1. The van der Waals surface area contributed by atoms with E-state index in [1.165, 1.54) is 6.20 Å². The molecule has 1 aliphatic heterocycles. The van der Waals surface area contributed by atoms with Gasteiger partial charge < -0.3 is 19.5 Å². The van der Waals surface area contributed by atoms with Crippen molar-refractivity contribution in [1.29, 1.82) is 0 Å². The molecule has 3 heterocycles. The van der Waals surface area contributed by atoms with Crippen molar-refractivity contribution in [1.82, 2.24) is 15.3 Å². The molecule has 2 atom stereocenters. The van der Waals surface area contributed by atoms with E-state index in [1.807, 2.05) is 12.1 Å². The highest BCUT2D eigenvalue weighted by molar-refractivity contribution is 5.94. The van der Waals surface area contributed by atoms with Crippen LogP contribution < -0.4 is 10.1 Å². The maximum absolute atomic E-state index is 14.7. The summed E-state index contributed by atoms with van der Waals surface area (Å²) >= 11 is 0. The van der Waals surface area contributed by atoms with Crippen molar-refractivity contribution in [2.75, 3.05) is 26.4 Å². The zero-order chi connectivity index (χ0) is 23.3. The lowest BCUT2D eigenvalue weighted by Gasteiger charge is -2.29. The van der Waals surface area contributed by atoms with E-state index in [-0.39, 0.29) is 18.1 Å². The molecule has 0 radical (unpaired) electrons. The Labute approximate surface area is 197 Å². The lowest BCUT2D eigenvalue weighted by molar-refractivity contribution is -0.101. The van der Waals surface area contributed by atoms with E-state index in [0.717, 1.165) is 29.5 Å². The first-order valence-electron chi connectivity index (χ1n) is 11.5. The highest BCUT2D eigenvalue weighted by Crippen LogP contribution is 2.36. The van der Waals surface area contributed by atoms with Gasteiger partial charge in [0.05, 0.1) is 25.4 Å². The molecule has 0 bridgehead atoms. The molecule has 3 aromatic rings. The van der Waals surface area contributed by atoms with Gasteiger partial charge in [0.15, 0.2) is 0 Å². The van der Waals surface area contributed by atoms with Crippen LogP contribution in [0.3, 0.4) is 0 Å². The number of aryl methyl sites for hydroxylation is 1. The number of nitrogens with one attached hydrogen (secondary N) is 1. The highest BCUT2D eigenvalue weighted by Gasteiger charge is 2.26. The largest absolute Gasteiger partial charge is 0.491 e. The molecule has 2 aromatic heterocycles. The summed E-state index contributed by atoms with van der Waals surface area (Å²) in [6.07, 6.45) is 6.59. The van der Waals surface area contributed by atoms with Crippen LogP contribution in [-0.4, -0.2) is 54.4 Å². The van der Waals surface area contributed by atoms with Crippen LogP contribution in [0.4, 0.5) is 4.39 Å². The molecular formula is C26H26FN3O4. The fourth-order valence-corrected chi connectivity index (χ4v) is 4.47. The molecule has 34 heavy (non-hydrogen) atoms. The zero-order valence-electron chi connectivity index (χ0n) is 18.7. The Morgan fingerprint density at radius 2 is 2.09 bits per heavy atom. The molecule has 1 aromatic carbocycles. The molecule has 0 spiro atoms. The summed E-state index contributed by atoms with van der Waals surface area (Å²) in [6.45, 7) is 2.00. The van der Waals surface area contributed by atoms with Gasteiger partial charge in [-0.05, 0) is 72.4 Å². The molecule has 1 saturated heterocycles. The van der Waals surface area contributed by atoms with Gasteiger partial charge in [-0.15, -0.1) is 0 Å². The first-order valence-corrected chi connectivity index (χ1v) is 11.5. The highest BCUT2D eigenvalue weighted by atomic mass is 19.1. The molecule has 0 saturated carbocycles. The predicted octanol–water partition coefficient (Wildman–Crippen LogP) is 3.36. The summed E-state index contributed by atoms with van der Waals surface area (Å²) in [4.78, 5) is 20.5. The second-order valence-electron chi connectivity index (χ2n) is 8.48. The molecule has 5 rings (SSSR count). The summed E-state index contributed by atoms with van der Waals surface area (Å²) in [6, 6.07) is 10.7. The molecule has 1 aliphatic carbocycles. The normalized spacial score (nSPS) is 19.8. The van der Waals surface area contributed by atoms with Crippen LogP contribution >= 0.6 is 0 Å². The quantitative estimate of drug-likeness (QED) is 0.565. The van der Waals surface area contributed by atoms with Gasteiger partial charge in [0.25, 0.3) is 5.91 Å². The van der Waals surface area contributed by atoms with Crippen LogP contribution in [0.2, 0.25) is 0 Å². The minimum Gasteiger partial charge on any atom is -0.491 e. The number of carbonyl (C=O) groups is 1. The average molecular weight is 464 g/mol. The summed E-state index contributed by atoms with van der Waals surface area (Å²) < 4.78 is 31.9. The lowest BCUT2D eigenvalue weighted by Crippen LogP contribution is -2.39. The third kappa shape index (κ3) is 5.08. The number of benzene rings is 1. The molecular weight excluding hydrogens is 437 g/mol. The second-order valence-corrected chi connectivity index (χ2v) is 8.48. The van der Waals surface area contributed by atoms with Crippen LogP contribution in [0.15, 0.2) is 55.0 Å². The maximum Gasteiger partial charge on any atom is 0.253 e. The number of ether oxygens (including phenoxy) is 3. The molecule has 1 fully saturated rings. The van der Waals surface area contributed by atoms with E-state index < -0.39 is 5.95 Å².